The summed E-state index contributed by atoms with van der Waals surface area (Å²) in [4.78, 5) is 9.15. The van der Waals surface area contributed by atoms with Gasteiger partial charge >= 0.3 is 0 Å². The number of carboxylic acids is 1. The fourth-order valence-electron chi connectivity index (χ4n) is 3.62. The lowest BCUT2D eigenvalue weighted by Gasteiger charge is -2.14. The average molecular weight is 555 g/mol. The third-order valence-corrected chi connectivity index (χ3v) is 6.53. The molecule has 0 heterocycles. The van der Waals surface area contributed by atoms with Crippen molar-refractivity contribution in [1.29, 1.82) is 0 Å². The van der Waals surface area contributed by atoms with Crippen LogP contribution in [0.15, 0.2) is 47.4 Å². The van der Waals surface area contributed by atoms with Crippen molar-refractivity contribution in [3.63, 3.8) is 0 Å². The van der Waals surface area contributed by atoms with Gasteiger partial charge in [-0.05, 0) is 74.0 Å². The second-order valence-corrected chi connectivity index (χ2v) is 10.5. The van der Waals surface area contributed by atoms with Crippen molar-refractivity contribution >= 4 is 16.0 Å². The highest BCUT2D eigenvalue weighted by Gasteiger charge is 2.10. The van der Waals surface area contributed by atoms with Crippen LogP contribution in [-0.4, -0.2) is 61.1 Å². The normalized spacial score (nSPS) is 12.0. The molecular weight excluding hydrogens is 512 g/mol. The maximum absolute atomic E-state index is 11.4. The fourth-order valence-corrected chi connectivity index (χ4v) is 4.20. The maximum Gasteiger partial charge on any atom is 0.300 e. The minimum Gasteiger partial charge on any atom is -0.508 e. The van der Waals surface area contributed by atoms with Crippen LogP contribution >= 0.6 is 0 Å². The Hall–Kier alpha value is -2.54. The Kier molecular flexibility index (Phi) is 16.5. The van der Waals surface area contributed by atoms with Gasteiger partial charge in [0.25, 0.3) is 5.97 Å². The van der Waals surface area contributed by atoms with Gasteiger partial charge in [0.05, 0.1) is 17.6 Å². The van der Waals surface area contributed by atoms with Crippen LogP contribution < -0.4 is 10.5 Å². The monoisotopic (exact) mass is 554 g/mol. The number of unbranched alkanes of at least 4 members (excludes halogenated alkanes) is 4. The summed E-state index contributed by atoms with van der Waals surface area (Å²) < 4.78 is 28.5. The highest BCUT2D eigenvalue weighted by molar-refractivity contribution is 7.89. The Morgan fingerprint density at radius 2 is 1.68 bits per heavy atom. The van der Waals surface area contributed by atoms with Gasteiger partial charge in [0.1, 0.15) is 5.75 Å². The van der Waals surface area contributed by atoms with Crippen LogP contribution in [-0.2, 0) is 32.6 Å². The number of rotatable bonds is 17. The molecular formula is C27H42N2O8S. The summed E-state index contributed by atoms with van der Waals surface area (Å²) in [5, 5.41) is 44.8. The van der Waals surface area contributed by atoms with E-state index in [2.05, 4.69) is 5.32 Å². The topological polar surface area (TPSA) is 179 Å². The number of phenols is 1. The molecule has 0 bridgehead atoms. The van der Waals surface area contributed by atoms with Crippen LogP contribution in [0.3, 0.4) is 0 Å². The van der Waals surface area contributed by atoms with Crippen molar-refractivity contribution in [2.45, 2.75) is 69.5 Å². The van der Waals surface area contributed by atoms with Crippen LogP contribution in [0.5, 0.6) is 5.75 Å². The molecule has 0 aliphatic carbocycles. The van der Waals surface area contributed by atoms with Crippen molar-refractivity contribution in [2.75, 3.05) is 26.3 Å². The van der Waals surface area contributed by atoms with E-state index >= 15 is 0 Å². The molecule has 7 N–H and O–H groups in total. The van der Waals surface area contributed by atoms with E-state index in [0.717, 1.165) is 70.6 Å². The number of benzene rings is 2. The van der Waals surface area contributed by atoms with E-state index in [9.17, 15) is 23.7 Å². The average Bonchev–Trinajstić information content (AvgIpc) is 2.86. The van der Waals surface area contributed by atoms with Crippen LogP contribution in [0.25, 0.3) is 0 Å². The number of ether oxygens (including phenoxy) is 1. The van der Waals surface area contributed by atoms with Gasteiger partial charge in [-0.2, -0.15) is 0 Å². The SMILES string of the molecule is CC(=O)O.NS(=O)(=O)c1cccc(CCCCOCCCCCCNC[C@@H](O)c2ccc(O)c(CO)c2)c1. The third-order valence-electron chi connectivity index (χ3n) is 5.62. The largest absolute Gasteiger partial charge is 0.508 e. The van der Waals surface area contributed by atoms with Crippen LogP contribution in [0.1, 0.15) is 68.2 Å². The van der Waals surface area contributed by atoms with Crippen molar-refractivity contribution in [3.8, 4) is 5.75 Å². The summed E-state index contributed by atoms with van der Waals surface area (Å²) in [7, 11) is -3.66. The second kappa shape index (κ2) is 18.7. The Labute approximate surface area is 225 Å². The van der Waals surface area contributed by atoms with Gasteiger partial charge in [0.2, 0.25) is 10.0 Å². The number of primary sulfonamides is 1. The number of nitrogens with one attached hydrogen (secondary N) is 1. The molecule has 10 nitrogen and oxygen atoms in total. The van der Waals surface area contributed by atoms with Crippen LogP contribution in [0, 0.1) is 0 Å². The summed E-state index contributed by atoms with van der Waals surface area (Å²) in [6.45, 7) is 3.49. The van der Waals surface area contributed by atoms with Gasteiger partial charge in [-0.3, -0.25) is 4.79 Å². The highest BCUT2D eigenvalue weighted by atomic mass is 32.2. The molecule has 0 saturated carbocycles. The molecule has 38 heavy (non-hydrogen) atoms. The lowest BCUT2D eigenvalue weighted by Crippen LogP contribution is -2.22. The molecule has 0 spiro atoms. The van der Waals surface area contributed by atoms with E-state index in [1.54, 1.807) is 24.3 Å². The standard InChI is InChI=1S/C25H38N2O6S.C2H4O2/c26-34(31,32)23-10-7-9-20(16-23)8-3-6-15-33-14-5-2-1-4-13-27-18-25(30)21-11-12-24(29)22(17-21)19-28;1-2(3)4/h7,9-12,16-17,25,27-30H,1-6,8,13-15,18-19H2,(H2,26,31,32);1H3,(H,3,4)/t25-;/m1./s1. The maximum atomic E-state index is 11.4. The van der Waals surface area contributed by atoms with Crippen molar-refractivity contribution in [1.82, 2.24) is 5.32 Å². The van der Waals surface area contributed by atoms with Gasteiger partial charge in [-0.15, -0.1) is 0 Å². The molecule has 0 radical (unpaired) electrons. The van der Waals surface area contributed by atoms with Gasteiger partial charge < -0.3 is 30.5 Å². The van der Waals surface area contributed by atoms with Crippen LogP contribution in [0.2, 0.25) is 0 Å². The Bertz CT molecular complexity index is 1060. The number of carbonyl (C=O) groups is 1. The number of sulfonamides is 1. The number of aliphatic hydroxyl groups excluding tert-OH is 2. The zero-order chi connectivity index (χ0) is 28.4. The zero-order valence-corrected chi connectivity index (χ0v) is 22.8. The third kappa shape index (κ3) is 15.0. The quantitative estimate of drug-likeness (QED) is 0.160. The Balaban J connectivity index is 0.00000168. The molecule has 2 aromatic carbocycles. The summed E-state index contributed by atoms with van der Waals surface area (Å²) >= 11 is 0. The molecule has 11 heteroatoms. The molecule has 2 rings (SSSR count). The van der Waals surface area contributed by atoms with Crippen molar-refractivity contribution < 1.29 is 38.4 Å². The molecule has 0 amide bonds. The minimum absolute atomic E-state index is 0.0310. The lowest BCUT2D eigenvalue weighted by atomic mass is 10.1. The highest BCUT2D eigenvalue weighted by Crippen LogP contribution is 2.22. The lowest BCUT2D eigenvalue weighted by molar-refractivity contribution is -0.134. The van der Waals surface area contributed by atoms with E-state index in [1.165, 1.54) is 12.1 Å². The van der Waals surface area contributed by atoms with Gasteiger partial charge in [0.15, 0.2) is 0 Å². The number of aryl methyl sites for hydroxylation is 1. The van der Waals surface area contributed by atoms with Crippen molar-refractivity contribution in [2.24, 2.45) is 5.14 Å². The molecule has 0 aromatic heterocycles. The van der Waals surface area contributed by atoms with Crippen LogP contribution in [0.4, 0.5) is 0 Å². The molecule has 0 aliphatic rings. The molecule has 214 valence electrons. The minimum atomic E-state index is -3.66. The van der Waals surface area contributed by atoms with Gasteiger partial charge in [-0.25, -0.2) is 13.6 Å². The van der Waals surface area contributed by atoms with E-state index < -0.39 is 22.1 Å². The Morgan fingerprint density at radius 1 is 1.03 bits per heavy atom. The summed E-state index contributed by atoms with van der Waals surface area (Å²) in [6.07, 6.45) is 6.16. The van der Waals surface area contributed by atoms with E-state index in [0.29, 0.717) is 24.3 Å². The predicted octanol–water partition coefficient (Wildman–Crippen LogP) is 2.85. The number of hydrogen-bond acceptors (Lipinski definition) is 8. The first-order valence-electron chi connectivity index (χ1n) is 12.7. The summed E-state index contributed by atoms with van der Waals surface area (Å²) in [5.74, 6) is -0.802. The van der Waals surface area contributed by atoms with Gasteiger partial charge in [0, 0.05) is 32.2 Å². The molecule has 0 fully saturated rings. The number of hydrogen-bond donors (Lipinski definition) is 6. The molecule has 0 unspecified atom stereocenters. The molecule has 1 atom stereocenters. The number of aromatic hydroxyl groups is 1. The zero-order valence-electron chi connectivity index (χ0n) is 22.0. The number of nitrogens with two attached hydrogens (primary N) is 1. The molecule has 0 aliphatic heterocycles. The fraction of sp³-hybridized carbons (Fsp3) is 0.519. The summed E-state index contributed by atoms with van der Waals surface area (Å²) in [5.41, 5.74) is 2.04. The number of carboxylic acid groups (broad SMARTS) is 1. The first-order valence-corrected chi connectivity index (χ1v) is 14.3. The smallest absolute Gasteiger partial charge is 0.300 e. The predicted molar refractivity (Wildman–Crippen MR) is 145 cm³/mol. The summed E-state index contributed by atoms with van der Waals surface area (Å²) in [6, 6.07) is 11.5. The second-order valence-electron chi connectivity index (χ2n) is 8.96. The first-order chi connectivity index (χ1) is 18.0. The molecule has 0 saturated heterocycles. The van der Waals surface area contributed by atoms with Crippen molar-refractivity contribution in [3.05, 3.63) is 59.2 Å². The van der Waals surface area contributed by atoms with E-state index in [1.807, 2.05) is 6.07 Å². The first kappa shape index (κ1) is 33.5. The van der Waals surface area contributed by atoms with E-state index in [4.69, 9.17) is 19.8 Å². The Morgan fingerprint density at radius 3 is 2.34 bits per heavy atom. The van der Waals surface area contributed by atoms with Gasteiger partial charge in [-0.1, -0.05) is 31.0 Å². The number of aliphatic hydroxyl groups is 2. The van der Waals surface area contributed by atoms with E-state index in [-0.39, 0.29) is 17.3 Å². The molecule has 2 aromatic rings. The number of aliphatic carboxylic acids is 1.